The third-order valence-electron chi connectivity index (χ3n) is 3.85. The standard InChI is InChI=1S/C16H26N2O/c1-2-6-15-9-14(11-17)10-16(18-15)19-12-13-7-4-3-5-8-13/h9-10,13H,2-8,11-12,17H2,1H3. The molecule has 0 amide bonds. The average molecular weight is 262 g/mol. The summed E-state index contributed by atoms with van der Waals surface area (Å²) >= 11 is 0. The smallest absolute Gasteiger partial charge is 0.213 e. The van der Waals surface area contributed by atoms with Crippen molar-refractivity contribution in [2.75, 3.05) is 6.61 Å². The van der Waals surface area contributed by atoms with Gasteiger partial charge in [-0.15, -0.1) is 0 Å². The predicted molar refractivity (Wildman–Crippen MR) is 78.2 cm³/mol. The predicted octanol–water partition coefficient (Wildman–Crippen LogP) is 3.45. The molecule has 1 fully saturated rings. The number of rotatable bonds is 6. The second kappa shape index (κ2) is 7.49. The first-order valence-electron chi connectivity index (χ1n) is 7.64. The largest absolute Gasteiger partial charge is 0.477 e. The first kappa shape index (κ1) is 14.3. The molecule has 0 spiro atoms. The van der Waals surface area contributed by atoms with E-state index in [1.54, 1.807) is 0 Å². The number of nitrogens with two attached hydrogens (primary N) is 1. The van der Waals surface area contributed by atoms with Gasteiger partial charge in [-0.05, 0) is 36.8 Å². The van der Waals surface area contributed by atoms with Crippen LogP contribution in [0, 0.1) is 5.92 Å². The molecule has 0 bridgehead atoms. The summed E-state index contributed by atoms with van der Waals surface area (Å²) in [4.78, 5) is 4.58. The summed E-state index contributed by atoms with van der Waals surface area (Å²) in [6, 6.07) is 4.08. The van der Waals surface area contributed by atoms with Gasteiger partial charge in [-0.25, -0.2) is 4.98 Å². The van der Waals surface area contributed by atoms with Crippen molar-refractivity contribution in [3.05, 3.63) is 23.4 Å². The summed E-state index contributed by atoms with van der Waals surface area (Å²) in [6.45, 7) is 3.53. The molecular weight excluding hydrogens is 236 g/mol. The van der Waals surface area contributed by atoms with Crippen molar-refractivity contribution in [1.29, 1.82) is 0 Å². The number of pyridine rings is 1. The van der Waals surface area contributed by atoms with E-state index < -0.39 is 0 Å². The molecule has 0 radical (unpaired) electrons. The monoisotopic (exact) mass is 262 g/mol. The first-order chi connectivity index (χ1) is 9.31. The molecule has 2 rings (SSSR count). The van der Waals surface area contributed by atoms with E-state index in [1.807, 2.05) is 6.07 Å². The van der Waals surface area contributed by atoms with E-state index in [-0.39, 0.29) is 0 Å². The van der Waals surface area contributed by atoms with E-state index in [2.05, 4.69) is 18.0 Å². The highest BCUT2D eigenvalue weighted by molar-refractivity contribution is 5.25. The highest BCUT2D eigenvalue weighted by Crippen LogP contribution is 2.24. The molecule has 0 aromatic carbocycles. The Morgan fingerprint density at radius 3 is 2.74 bits per heavy atom. The molecule has 1 aliphatic carbocycles. The Hall–Kier alpha value is -1.09. The molecule has 19 heavy (non-hydrogen) atoms. The van der Waals surface area contributed by atoms with Crippen molar-refractivity contribution in [3.63, 3.8) is 0 Å². The molecule has 1 aliphatic rings. The molecule has 3 heteroatoms. The Balaban J connectivity index is 1.95. The molecule has 0 saturated heterocycles. The van der Waals surface area contributed by atoms with Crippen LogP contribution in [0.25, 0.3) is 0 Å². The van der Waals surface area contributed by atoms with Gasteiger partial charge in [-0.3, -0.25) is 0 Å². The molecule has 1 aromatic rings. The zero-order chi connectivity index (χ0) is 13.5. The molecule has 0 aliphatic heterocycles. The lowest BCUT2D eigenvalue weighted by atomic mass is 9.90. The molecule has 0 unspecified atom stereocenters. The maximum atomic E-state index is 5.91. The summed E-state index contributed by atoms with van der Waals surface area (Å²) in [6.07, 6.45) is 8.79. The topological polar surface area (TPSA) is 48.1 Å². The van der Waals surface area contributed by atoms with Gasteiger partial charge in [0.05, 0.1) is 6.61 Å². The van der Waals surface area contributed by atoms with Crippen molar-refractivity contribution >= 4 is 0 Å². The summed E-state index contributed by atoms with van der Waals surface area (Å²) < 4.78 is 5.91. The van der Waals surface area contributed by atoms with Gasteiger partial charge in [0.15, 0.2) is 0 Å². The Morgan fingerprint density at radius 1 is 1.26 bits per heavy atom. The number of nitrogens with zero attached hydrogens (tertiary/aromatic N) is 1. The number of aromatic nitrogens is 1. The normalized spacial score (nSPS) is 16.5. The quantitative estimate of drug-likeness (QED) is 0.854. The van der Waals surface area contributed by atoms with Crippen LogP contribution in [-0.2, 0) is 13.0 Å². The number of hydrogen-bond acceptors (Lipinski definition) is 3. The fourth-order valence-electron chi connectivity index (χ4n) is 2.75. The van der Waals surface area contributed by atoms with Crippen molar-refractivity contribution in [1.82, 2.24) is 4.98 Å². The van der Waals surface area contributed by atoms with E-state index in [1.165, 1.54) is 32.1 Å². The third-order valence-corrected chi connectivity index (χ3v) is 3.85. The fourth-order valence-corrected chi connectivity index (χ4v) is 2.75. The Kier molecular flexibility index (Phi) is 5.64. The molecular formula is C16H26N2O. The van der Waals surface area contributed by atoms with Crippen molar-refractivity contribution < 1.29 is 4.74 Å². The lowest BCUT2D eigenvalue weighted by Gasteiger charge is -2.21. The maximum absolute atomic E-state index is 5.91. The van der Waals surface area contributed by atoms with Crippen LogP contribution in [0.5, 0.6) is 5.88 Å². The summed E-state index contributed by atoms with van der Waals surface area (Å²) in [7, 11) is 0. The minimum atomic E-state index is 0.555. The Labute approximate surface area is 116 Å². The minimum absolute atomic E-state index is 0.555. The fraction of sp³-hybridized carbons (Fsp3) is 0.688. The van der Waals surface area contributed by atoms with Crippen LogP contribution in [0.4, 0.5) is 0 Å². The van der Waals surface area contributed by atoms with Gasteiger partial charge < -0.3 is 10.5 Å². The van der Waals surface area contributed by atoms with E-state index >= 15 is 0 Å². The maximum Gasteiger partial charge on any atom is 0.213 e. The molecule has 0 atom stereocenters. The van der Waals surface area contributed by atoms with Gasteiger partial charge in [-0.2, -0.15) is 0 Å². The van der Waals surface area contributed by atoms with Crippen LogP contribution in [0.3, 0.4) is 0 Å². The van der Waals surface area contributed by atoms with Crippen LogP contribution in [0.1, 0.15) is 56.7 Å². The third kappa shape index (κ3) is 4.50. The SMILES string of the molecule is CCCc1cc(CN)cc(OCC2CCCCC2)n1. The molecule has 106 valence electrons. The van der Waals surface area contributed by atoms with Crippen LogP contribution >= 0.6 is 0 Å². The van der Waals surface area contributed by atoms with Crippen LogP contribution in [0.15, 0.2) is 12.1 Å². The highest BCUT2D eigenvalue weighted by Gasteiger charge is 2.14. The second-order valence-corrected chi connectivity index (χ2v) is 5.57. The Morgan fingerprint density at radius 2 is 2.05 bits per heavy atom. The summed E-state index contributed by atoms with van der Waals surface area (Å²) in [5.74, 6) is 1.48. The second-order valence-electron chi connectivity index (χ2n) is 5.57. The molecule has 1 aromatic heterocycles. The van der Waals surface area contributed by atoms with Crippen molar-refractivity contribution in [2.45, 2.75) is 58.4 Å². The van der Waals surface area contributed by atoms with Gasteiger partial charge in [0.2, 0.25) is 5.88 Å². The van der Waals surface area contributed by atoms with Crippen LogP contribution in [-0.4, -0.2) is 11.6 Å². The van der Waals surface area contributed by atoms with Crippen LogP contribution in [0.2, 0.25) is 0 Å². The summed E-state index contributed by atoms with van der Waals surface area (Å²) in [5, 5.41) is 0. The number of ether oxygens (including phenoxy) is 1. The van der Waals surface area contributed by atoms with Crippen molar-refractivity contribution in [2.24, 2.45) is 11.7 Å². The van der Waals surface area contributed by atoms with Gasteiger partial charge in [0, 0.05) is 18.3 Å². The summed E-state index contributed by atoms with van der Waals surface area (Å²) in [5.41, 5.74) is 7.96. The lowest BCUT2D eigenvalue weighted by molar-refractivity contribution is 0.202. The van der Waals surface area contributed by atoms with E-state index in [0.29, 0.717) is 12.5 Å². The van der Waals surface area contributed by atoms with Gasteiger partial charge in [0.1, 0.15) is 0 Å². The zero-order valence-corrected chi connectivity index (χ0v) is 12.0. The average Bonchev–Trinajstić information content (AvgIpc) is 2.46. The number of aryl methyl sites for hydroxylation is 1. The lowest BCUT2D eigenvalue weighted by Crippen LogP contribution is -2.16. The van der Waals surface area contributed by atoms with Gasteiger partial charge in [-0.1, -0.05) is 32.6 Å². The van der Waals surface area contributed by atoms with E-state index in [9.17, 15) is 0 Å². The van der Waals surface area contributed by atoms with Crippen LogP contribution < -0.4 is 10.5 Å². The van der Waals surface area contributed by atoms with Crippen molar-refractivity contribution in [3.8, 4) is 5.88 Å². The minimum Gasteiger partial charge on any atom is -0.477 e. The molecule has 2 N–H and O–H groups in total. The Bertz CT molecular complexity index is 386. The molecule has 3 nitrogen and oxygen atoms in total. The van der Waals surface area contributed by atoms with E-state index in [4.69, 9.17) is 10.5 Å². The van der Waals surface area contributed by atoms with E-state index in [0.717, 1.165) is 36.6 Å². The van der Waals surface area contributed by atoms with Gasteiger partial charge in [0.25, 0.3) is 0 Å². The number of hydrogen-bond donors (Lipinski definition) is 1. The molecule has 1 saturated carbocycles. The highest BCUT2D eigenvalue weighted by atomic mass is 16.5. The zero-order valence-electron chi connectivity index (χ0n) is 12.0. The van der Waals surface area contributed by atoms with Gasteiger partial charge >= 0.3 is 0 Å². The first-order valence-corrected chi connectivity index (χ1v) is 7.64. The molecule has 1 heterocycles.